The number of amides is 1. The van der Waals surface area contributed by atoms with Crippen LogP contribution in [0.5, 0.6) is 5.75 Å². The molecule has 2 heterocycles. The molecule has 31 heavy (non-hydrogen) atoms. The van der Waals surface area contributed by atoms with Gasteiger partial charge in [-0.2, -0.15) is 0 Å². The number of phenols is 1. The van der Waals surface area contributed by atoms with Crippen LogP contribution in [0.1, 0.15) is 6.99 Å². The van der Waals surface area contributed by atoms with Crippen LogP contribution in [0.3, 0.4) is 0 Å². The number of phenolic OH excluding ortho intramolecular Hbond substituents is 1. The van der Waals surface area contributed by atoms with E-state index in [9.17, 15) is 9.90 Å². The molecule has 3 aromatic rings. The number of anilines is 1. The van der Waals surface area contributed by atoms with E-state index in [1.54, 1.807) is 19.2 Å². The quantitative estimate of drug-likeness (QED) is 0.561. The van der Waals surface area contributed by atoms with Crippen LogP contribution in [0.2, 0.25) is 0 Å². The topological polar surface area (TPSA) is 96.8 Å². The van der Waals surface area contributed by atoms with Crippen molar-refractivity contribution in [3.05, 3.63) is 48.0 Å². The fraction of sp³-hybridized carbons (Fsp3) is 0.348. The molecule has 0 atom stereocenters. The van der Waals surface area contributed by atoms with Gasteiger partial charge in [-0.05, 0) is 36.8 Å². The highest BCUT2D eigenvalue weighted by atomic mass is 16.6. The first kappa shape index (κ1) is 20.9. The van der Waals surface area contributed by atoms with Gasteiger partial charge in [-0.3, -0.25) is 0 Å². The first-order valence-corrected chi connectivity index (χ1v) is 10.3. The number of carbonyl (C=O) groups is 1. The number of nitrogens with one attached hydrogen (secondary N) is 1. The number of fused-ring (bicyclic) bond motifs is 1. The molecule has 0 radical (unpaired) electrons. The molecule has 1 amide bonds. The highest BCUT2D eigenvalue weighted by Gasteiger charge is 2.30. The number of aryl methyl sites for hydroxylation is 1. The highest BCUT2D eigenvalue weighted by molar-refractivity contribution is 5.92. The van der Waals surface area contributed by atoms with E-state index in [0.29, 0.717) is 30.5 Å². The Kier molecular flexibility index (Phi) is 6.18. The third-order valence-corrected chi connectivity index (χ3v) is 5.29. The number of aromatic hydroxyl groups is 1. The van der Waals surface area contributed by atoms with Gasteiger partial charge in [-0.15, -0.1) is 0 Å². The predicted molar refractivity (Wildman–Crippen MR) is 120 cm³/mol. The van der Waals surface area contributed by atoms with Gasteiger partial charge in [0.2, 0.25) is 0 Å². The molecule has 2 aromatic carbocycles. The van der Waals surface area contributed by atoms with E-state index in [0.717, 1.165) is 35.4 Å². The lowest BCUT2D eigenvalue weighted by atomic mass is 9.99. The first-order valence-electron chi connectivity index (χ1n) is 10.3. The summed E-state index contributed by atoms with van der Waals surface area (Å²) in [7, 11) is 1.56. The van der Waals surface area contributed by atoms with E-state index in [1.165, 1.54) is 0 Å². The van der Waals surface area contributed by atoms with E-state index < -0.39 is 6.09 Å². The number of carbonyl (C=O) groups excluding carboxylic acids is 1. The van der Waals surface area contributed by atoms with Crippen molar-refractivity contribution >= 4 is 22.8 Å². The third kappa shape index (κ3) is 4.69. The maximum atomic E-state index is 11.7. The van der Waals surface area contributed by atoms with Crippen molar-refractivity contribution in [2.45, 2.75) is 6.92 Å². The zero-order valence-corrected chi connectivity index (χ0v) is 17.7. The zero-order chi connectivity index (χ0) is 21.8. The highest BCUT2D eigenvalue weighted by Crippen LogP contribution is 2.34. The number of nitrogens with zero attached hydrogens (tertiary/aromatic N) is 3. The molecule has 1 aromatic heterocycles. The molecule has 1 aliphatic heterocycles. The predicted octanol–water partition coefficient (Wildman–Crippen LogP) is 3.37. The molecule has 0 unspecified atom stereocenters. The smallest absolute Gasteiger partial charge is 0.407 e. The summed E-state index contributed by atoms with van der Waals surface area (Å²) in [6, 6.07) is 13.2. The van der Waals surface area contributed by atoms with Crippen LogP contribution in [0, 0.1) is 12.8 Å². The summed E-state index contributed by atoms with van der Waals surface area (Å²) in [5.41, 5.74) is 2.55. The van der Waals surface area contributed by atoms with Crippen molar-refractivity contribution in [1.29, 1.82) is 0 Å². The summed E-state index contributed by atoms with van der Waals surface area (Å²) < 4.78 is 9.89. The molecule has 4 rings (SSSR count). The van der Waals surface area contributed by atoms with Gasteiger partial charge in [-0.25, -0.2) is 14.8 Å². The molecule has 0 spiro atoms. The minimum Gasteiger partial charge on any atom is -0.507 e. The number of hydrogen-bond donors (Lipinski definition) is 2. The molecular formula is C23H28N4O4. The summed E-state index contributed by atoms with van der Waals surface area (Å²) in [6.45, 7) is 4.70. The number of benzene rings is 2. The molecule has 0 saturated carbocycles. The summed E-state index contributed by atoms with van der Waals surface area (Å²) in [5, 5.41) is 14.0. The lowest BCUT2D eigenvalue weighted by Gasteiger charge is -2.40. The van der Waals surface area contributed by atoms with Crippen molar-refractivity contribution in [3.63, 3.8) is 0 Å². The number of methoxy groups -OCH3 is 1. The Bertz CT molecular complexity index is 1090. The zero-order valence-electron chi connectivity index (χ0n) is 17.7. The Balaban J connectivity index is 0.00000289. The molecule has 0 bridgehead atoms. The molecule has 1 saturated heterocycles. The Morgan fingerprint density at radius 3 is 2.81 bits per heavy atom. The summed E-state index contributed by atoms with van der Waals surface area (Å²) >= 11 is 0. The lowest BCUT2D eigenvalue weighted by molar-refractivity contribution is 0.0974. The third-order valence-electron chi connectivity index (χ3n) is 5.29. The molecule has 0 aliphatic carbocycles. The van der Waals surface area contributed by atoms with Gasteiger partial charge < -0.3 is 24.8 Å². The minimum absolute atomic E-state index is 0. The molecule has 8 heteroatoms. The average molecular weight is 425 g/mol. The summed E-state index contributed by atoms with van der Waals surface area (Å²) in [4.78, 5) is 23.4. The van der Waals surface area contributed by atoms with Crippen LogP contribution in [0.4, 0.5) is 10.6 Å². The van der Waals surface area contributed by atoms with E-state index in [2.05, 4.69) is 10.2 Å². The number of alkyl carbamates (subject to hydrolysis) is 1. The fourth-order valence-corrected chi connectivity index (χ4v) is 3.62. The van der Waals surface area contributed by atoms with Crippen LogP contribution in [0.15, 0.2) is 42.5 Å². The van der Waals surface area contributed by atoms with Gasteiger partial charge in [0.25, 0.3) is 0 Å². The van der Waals surface area contributed by atoms with Gasteiger partial charge in [0, 0.05) is 39.5 Å². The average Bonchev–Trinajstić information content (AvgIpc) is 2.72. The lowest BCUT2D eigenvalue weighted by Crippen LogP contribution is -2.52. The summed E-state index contributed by atoms with van der Waals surface area (Å²) in [5.74, 6) is 1.79. The Hall–Kier alpha value is -3.39. The van der Waals surface area contributed by atoms with Crippen molar-refractivity contribution in [3.8, 4) is 17.1 Å². The monoisotopic (exact) mass is 424 g/mol. The van der Waals surface area contributed by atoms with Gasteiger partial charge >= 0.3 is 6.09 Å². The minimum atomic E-state index is -0.430. The maximum absolute atomic E-state index is 11.7. The summed E-state index contributed by atoms with van der Waals surface area (Å²) in [6.07, 6.45) is -0.430. The normalized spacial score (nSPS) is 13.8. The standard InChI is InChI=1S/C23H26N4O4.H2/c1-15-7-8-17-19(11-15)25-21(18-5-3-4-6-20(18)28)26-22(17)27-13-16(14-27)12-24-23(29)31-10-9-30-2;/h3-8,11,16,28H,9-10,12-14H2,1-2H3,(H,24,29);1H. The van der Waals surface area contributed by atoms with Crippen molar-refractivity contribution < 1.29 is 20.8 Å². The Labute approximate surface area is 182 Å². The van der Waals surface area contributed by atoms with Crippen LogP contribution in [-0.4, -0.2) is 61.1 Å². The number of ether oxygens (including phenoxy) is 2. The number of aromatic nitrogens is 2. The van der Waals surface area contributed by atoms with E-state index in [4.69, 9.17) is 19.4 Å². The fourth-order valence-electron chi connectivity index (χ4n) is 3.62. The van der Waals surface area contributed by atoms with Gasteiger partial charge in [-0.1, -0.05) is 18.2 Å². The second-order valence-corrected chi connectivity index (χ2v) is 7.69. The largest absolute Gasteiger partial charge is 0.507 e. The number of para-hydroxylation sites is 1. The second-order valence-electron chi connectivity index (χ2n) is 7.69. The molecule has 2 N–H and O–H groups in total. The van der Waals surface area contributed by atoms with E-state index in [1.807, 2.05) is 37.3 Å². The van der Waals surface area contributed by atoms with Crippen molar-refractivity contribution in [1.82, 2.24) is 15.3 Å². The molecule has 164 valence electrons. The molecular weight excluding hydrogens is 396 g/mol. The first-order chi connectivity index (χ1) is 15.0. The van der Waals surface area contributed by atoms with Crippen molar-refractivity contribution in [2.75, 3.05) is 44.9 Å². The van der Waals surface area contributed by atoms with Gasteiger partial charge in [0.1, 0.15) is 18.2 Å². The van der Waals surface area contributed by atoms with Crippen LogP contribution in [-0.2, 0) is 9.47 Å². The van der Waals surface area contributed by atoms with Gasteiger partial charge in [0.05, 0.1) is 17.7 Å². The van der Waals surface area contributed by atoms with Crippen LogP contribution >= 0.6 is 0 Å². The maximum Gasteiger partial charge on any atom is 0.407 e. The molecule has 1 aliphatic rings. The Morgan fingerprint density at radius 2 is 2.03 bits per heavy atom. The second kappa shape index (κ2) is 9.18. The van der Waals surface area contributed by atoms with Crippen molar-refractivity contribution in [2.24, 2.45) is 5.92 Å². The van der Waals surface area contributed by atoms with E-state index in [-0.39, 0.29) is 13.8 Å². The number of hydrogen-bond acceptors (Lipinski definition) is 7. The SMILES string of the molecule is COCCOC(=O)NCC1CN(c2nc(-c3ccccc3O)nc3cc(C)ccc23)C1.[HH]. The number of rotatable bonds is 7. The molecule has 1 fully saturated rings. The van der Waals surface area contributed by atoms with Gasteiger partial charge in [0.15, 0.2) is 5.82 Å². The van der Waals surface area contributed by atoms with Crippen LogP contribution < -0.4 is 10.2 Å². The van der Waals surface area contributed by atoms with Crippen LogP contribution in [0.25, 0.3) is 22.3 Å². The van der Waals surface area contributed by atoms with E-state index >= 15 is 0 Å². The Morgan fingerprint density at radius 1 is 1.23 bits per heavy atom. The molecule has 8 nitrogen and oxygen atoms in total.